The second-order valence-corrected chi connectivity index (χ2v) is 8.12. The predicted octanol–water partition coefficient (Wildman–Crippen LogP) is 0.896. The lowest BCUT2D eigenvalue weighted by atomic mass is 9.77. The van der Waals surface area contributed by atoms with Crippen molar-refractivity contribution < 1.29 is 28.6 Å². The van der Waals surface area contributed by atoms with Gasteiger partial charge in [0.05, 0.1) is 25.2 Å². The Morgan fingerprint density at radius 1 is 1.27 bits per heavy atom. The highest BCUT2D eigenvalue weighted by molar-refractivity contribution is 6.02. The molecule has 2 fully saturated rings. The van der Waals surface area contributed by atoms with Crippen LogP contribution in [-0.4, -0.2) is 62.9 Å². The van der Waals surface area contributed by atoms with Gasteiger partial charge >= 0.3 is 5.97 Å². The molecule has 3 aliphatic heterocycles. The summed E-state index contributed by atoms with van der Waals surface area (Å²) < 4.78 is 16.2. The Balaban J connectivity index is 1.48. The number of carbonyl (C=O) groups is 3. The summed E-state index contributed by atoms with van der Waals surface area (Å²) in [6, 6.07) is 5.95. The van der Waals surface area contributed by atoms with E-state index in [0.717, 1.165) is 16.8 Å². The number of methoxy groups -OCH3 is 1. The number of aryl methyl sites for hydroxylation is 2. The van der Waals surface area contributed by atoms with Gasteiger partial charge < -0.3 is 24.4 Å². The number of amides is 2. The summed E-state index contributed by atoms with van der Waals surface area (Å²) in [6.45, 7) is 4.63. The fourth-order valence-corrected chi connectivity index (χ4v) is 4.67. The van der Waals surface area contributed by atoms with Crippen LogP contribution in [0.4, 0.5) is 5.69 Å². The van der Waals surface area contributed by atoms with Gasteiger partial charge in [-0.15, -0.1) is 0 Å². The lowest BCUT2D eigenvalue weighted by molar-refractivity contribution is -0.155. The highest BCUT2D eigenvalue weighted by Crippen LogP contribution is 2.53. The summed E-state index contributed by atoms with van der Waals surface area (Å²) in [5.74, 6) is -2.57. The van der Waals surface area contributed by atoms with Crippen molar-refractivity contribution in [2.45, 2.75) is 25.6 Å². The molecule has 2 bridgehead atoms. The summed E-state index contributed by atoms with van der Waals surface area (Å²) in [5, 5.41) is 2.59. The normalized spacial score (nSPS) is 28.7. The molecule has 0 unspecified atom stereocenters. The molecule has 4 rings (SSSR count). The Morgan fingerprint density at radius 3 is 2.70 bits per heavy atom. The van der Waals surface area contributed by atoms with Gasteiger partial charge in [0.15, 0.2) is 6.61 Å². The van der Waals surface area contributed by atoms with Crippen LogP contribution in [0.15, 0.2) is 30.4 Å². The zero-order valence-electron chi connectivity index (χ0n) is 17.3. The van der Waals surface area contributed by atoms with E-state index in [1.165, 1.54) is 7.11 Å². The first-order valence-corrected chi connectivity index (χ1v) is 10.0. The molecular formula is C22H26N2O6. The van der Waals surface area contributed by atoms with E-state index in [1.54, 1.807) is 4.90 Å². The van der Waals surface area contributed by atoms with Crippen LogP contribution in [0.3, 0.4) is 0 Å². The molecule has 0 aliphatic carbocycles. The van der Waals surface area contributed by atoms with Crippen molar-refractivity contribution in [1.82, 2.24) is 5.32 Å². The Kier molecular flexibility index (Phi) is 5.38. The van der Waals surface area contributed by atoms with Crippen LogP contribution >= 0.6 is 0 Å². The van der Waals surface area contributed by atoms with Gasteiger partial charge in [0.2, 0.25) is 5.91 Å². The smallest absolute Gasteiger partial charge is 0.313 e. The number of carbonyl (C=O) groups excluding carboxylic acids is 3. The van der Waals surface area contributed by atoms with Gasteiger partial charge in [0, 0.05) is 19.3 Å². The molecule has 8 heteroatoms. The monoisotopic (exact) mass is 414 g/mol. The molecule has 1 spiro atoms. The van der Waals surface area contributed by atoms with Crippen molar-refractivity contribution in [3.63, 3.8) is 0 Å². The van der Waals surface area contributed by atoms with Gasteiger partial charge in [-0.05, 0) is 37.1 Å². The predicted molar refractivity (Wildman–Crippen MR) is 108 cm³/mol. The van der Waals surface area contributed by atoms with Gasteiger partial charge in [-0.25, -0.2) is 0 Å². The lowest BCUT2D eigenvalue weighted by Gasteiger charge is -2.22. The number of ether oxygens (including phenoxy) is 3. The highest BCUT2D eigenvalue weighted by Gasteiger charge is 2.67. The second kappa shape index (κ2) is 7.85. The number of nitrogens with one attached hydrogen (secondary N) is 1. The maximum Gasteiger partial charge on any atom is 0.313 e. The minimum absolute atomic E-state index is 0.154. The number of esters is 1. The van der Waals surface area contributed by atoms with E-state index in [2.05, 4.69) is 5.32 Å². The molecular weight excluding hydrogens is 388 g/mol. The van der Waals surface area contributed by atoms with Crippen molar-refractivity contribution in [2.75, 3.05) is 38.3 Å². The first-order valence-electron chi connectivity index (χ1n) is 10.0. The van der Waals surface area contributed by atoms with Gasteiger partial charge in [-0.3, -0.25) is 14.4 Å². The van der Waals surface area contributed by atoms with Crippen molar-refractivity contribution in [3.05, 3.63) is 41.5 Å². The molecule has 1 N–H and O–H groups in total. The second-order valence-electron chi connectivity index (χ2n) is 8.12. The molecule has 2 saturated heterocycles. The Labute approximate surface area is 175 Å². The fourth-order valence-electron chi connectivity index (χ4n) is 4.67. The molecule has 3 aliphatic rings. The summed E-state index contributed by atoms with van der Waals surface area (Å²) in [7, 11) is 1.53. The van der Waals surface area contributed by atoms with Gasteiger partial charge in [-0.2, -0.15) is 0 Å². The Bertz CT molecular complexity index is 893. The molecule has 4 atom stereocenters. The number of benzene rings is 1. The van der Waals surface area contributed by atoms with E-state index in [9.17, 15) is 14.4 Å². The minimum Gasteiger partial charge on any atom is -0.455 e. The molecule has 3 heterocycles. The number of anilines is 1. The summed E-state index contributed by atoms with van der Waals surface area (Å²) >= 11 is 0. The summed E-state index contributed by atoms with van der Waals surface area (Å²) in [5.41, 5.74) is 2.09. The highest BCUT2D eigenvalue weighted by atomic mass is 16.6. The number of rotatable bonds is 7. The number of hydrogen-bond acceptors (Lipinski definition) is 6. The van der Waals surface area contributed by atoms with Crippen molar-refractivity contribution in [1.29, 1.82) is 0 Å². The molecule has 1 aromatic rings. The maximum absolute atomic E-state index is 13.3. The van der Waals surface area contributed by atoms with Crippen LogP contribution in [0.5, 0.6) is 0 Å². The van der Waals surface area contributed by atoms with Crippen LogP contribution in [0.25, 0.3) is 0 Å². The largest absolute Gasteiger partial charge is 0.455 e. The number of hydrogen-bond donors (Lipinski definition) is 1. The zero-order chi connectivity index (χ0) is 21.5. The van der Waals surface area contributed by atoms with Crippen LogP contribution < -0.4 is 10.2 Å². The van der Waals surface area contributed by atoms with Crippen LogP contribution in [-0.2, 0) is 28.6 Å². The lowest BCUT2D eigenvalue weighted by Crippen LogP contribution is -2.41. The SMILES string of the molecule is COCCNC(=O)COC(=O)[C@@H]1[C@H]2C=C[C@@]3(CN(c4cc(C)cc(C)c4)C(=O)[C@@H]13)O2. The van der Waals surface area contributed by atoms with Crippen molar-refractivity contribution in [2.24, 2.45) is 11.8 Å². The fraction of sp³-hybridized carbons (Fsp3) is 0.500. The van der Waals surface area contributed by atoms with Crippen molar-refractivity contribution in [3.8, 4) is 0 Å². The summed E-state index contributed by atoms with van der Waals surface area (Å²) in [4.78, 5) is 39.6. The van der Waals surface area contributed by atoms with E-state index in [-0.39, 0.29) is 5.91 Å². The van der Waals surface area contributed by atoms with Gasteiger partial charge in [0.25, 0.3) is 5.91 Å². The van der Waals surface area contributed by atoms with E-state index in [0.29, 0.717) is 19.7 Å². The van der Waals surface area contributed by atoms with Crippen LogP contribution in [0.1, 0.15) is 11.1 Å². The van der Waals surface area contributed by atoms with E-state index in [1.807, 2.05) is 44.2 Å². The molecule has 8 nitrogen and oxygen atoms in total. The molecule has 0 aromatic heterocycles. The first kappa shape index (κ1) is 20.6. The topological polar surface area (TPSA) is 94.2 Å². The molecule has 2 amide bonds. The number of nitrogens with zero attached hydrogens (tertiary/aromatic N) is 1. The molecule has 1 aromatic carbocycles. The Hall–Kier alpha value is -2.71. The van der Waals surface area contributed by atoms with E-state index in [4.69, 9.17) is 14.2 Å². The van der Waals surface area contributed by atoms with Gasteiger partial charge in [0.1, 0.15) is 11.5 Å². The third-order valence-corrected chi connectivity index (χ3v) is 5.86. The van der Waals surface area contributed by atoms with Crippen LogP contribution in [0.2, 0.25) is 0 Å². The number of fused-ring (bicyclic) bond motifs is 1. The van der Waals surface area contributed by atoms with Crippen molar-refractivity contribution >= 4 is 23.5 Å². The third-order valence-electron chi connectivity index (χ3n) is 5.86. The van der Waals surface area contributed by atoms with E-state index >= 15 is 0 Å². The summed E-state index contributed by atoms with van der Waals surface area (Å²) in [6.07, 6.45) is 3.20. The molecule has 30 heavy (non-hydrogen) atoms. The average Bonchev–Trinajstić information content (AvgIpc) is 3.34. The maximum atomic E-state index is 13.3. The molecule has 0 radical (unpaired) electrons. The first-order chi connectivity index (χ1) is 14.3. The standard InChI is InChI=1S/C22H26N2O6/c1-13-8-14(2)10-15(9-13)24-12-22-5-4-16(30-22)18(19(22)20(24)26)21(27)29-11-17(25)23-6-7-28-3/h4-5,8-10,16,18-19H,6-7,11-12H2,1-3H3,(H,23,25)/t16-,18-,19-,22+/m1/s1. The van der Waals surface area contributed by atoms with E-state index < -0.39 is 42.0 Å². The quantitative estimate of drug-likeness (QED) is 0.405. The van der Waals surface area contributed by atoms with Crippen LogP contribution in [0, 0.1) is 25.7 Å². The average molecular weight is 414 g/mol. The van der Waals surface area contributed by atoms with Gasteiger partial charge in [-0.1, -0.05) is 18.2 Å². The zero-order valence-corrected chi connectivity index (χ0v) is 17.3. The minimum atomic E-state index is -0.830. The third kappa shape index (κ3) is 3.50. The Morgan fingerprint density at radius 2 is 2.00 bits per heavy atom. The molecule has 0 saturated carbocycles. The molecule has 160 valence electrons.